The second-order valence-electron chi connectivity index (χ2n) is 4.21. The molecule has 0 aliphatic carbocycles. The van der Waals surface area contributed by atoms with E-state index in [-0.39, 0.29) is 17.2 Å². The summed E-state index contributed by atoms with van der Waals surface area (Å²) in [6.07, 6.45) is 1.07. The van der Waals surface area contributed by atoms with Crippen LogP contribution in [0.15, 0.2) is 22.7 Å². The molecule has 1 aromatic rings. The van der Waals surface area contributed by atoms with E-state index in [1.165, 1.54) is 6.07 Å². The first kappa shape index (κ1) is 12.4. The smallest absolute Gasteiger partial charge is 0.257 e. The highest BCUT2D eigenvalue weighted by Gasteiger charge is 2.24. The number of piperidine rings is 1. The minimum absolute atomic E-state index is 0.0294. The SMILES string of the molecule is O=C(c1cc(Br)ccc1O)N1CCC[C@H](O)C1. The van der Waals surface area contributed by atoms with E-state index in [1.54, 1.807) is 17.0 Å². The number of carbonyl (C=O) groups is 1. The van der Waals surface area contributed by atoms with E-state index in [2.05, 4.69) is 15.9 Å². The largest absolute Gasteiger partial charge is 0.507 e. The van der Waals surface area contributed by atoms with Crippen LogP contribution in [-0.4, -0.2) is 40.2 Å². The zero-order chi connectivity index (χ0) is 12.4. The number of phenolic OH excluding ortho intramolecular Hbond substituents is 1. The number of aromatic hydroxyl groups is 1. The second kappa shape index (κ2) is 5.06. The van der Waals surface area contributed by atoms with E-state index in [1.807, 2.05) is 0 Å². The van der Waals surface area contributed by atoms with E-state index >= 15 is 0 Å². The Kier molecular flexibility index (Phi) is 3.69. The molecular weight excluding hydrogens is 286 g/mol. The molecule has 1 aliphatic heterocycles. The van der Waals surface area contributed by atoms with Crippen LogP contribution in [0.2, 0.25) is 0 Å². The van der Waals surface area contributed by atoms with Gasteiger partial charge in [-0.15, -0.1) is 0 Å². The number of phenols is 1. The molecule has 17 heavy (non-hydrogen) atoms. The number of hydrogen-bond acceptors (Lipinski definition) is 3. The molecule has 1 amide bonds. The second-order valence-corrected chi connectivity index (χ2v) is 5.12. The van der Waals surface area contributed by atoms with Crippen molar-refractivity contribution in [2.24, 2.45) is 0 Å². The molecule has 0 unspecified atom stereocenters. The quantitative estimate of drug-likeness (QED) is 0.830. The van der Waals surface area contributed by atoms with Crippen LogP contribution in [0.5, 0.6) is 5.75 Å². The lowest BCUT2D eigenvalue weighted by Gasteiger charge is -2.30. The van der Waals surface area contributed by atoms with Gasteiger partial charge in [0.05, 0.1) is 11.7 Å². The first-order valence-electron chi connectivity index (χ1n) is 5.54. The molecule has 0 radical (unpaired) electrons. The molecule has 92 valence electrons. The van der Waals surface area contributed by atoms with Gasteiger partial charge in [0, 0.05) is 17.6 Å². The molecule has 0 saturated carbocycles. The first-order valence-corrected chi connectivity index (χ1v) is 6.33. The maximum absolute atomic E-state index is 12.2. The number of benzene rings is 1. The highest BCUT2D eigenvalue weighted by Crippen LogP contribution is 2.24. The highest BCUT2D eigenvalue weighted by atomic mass is 79.9. The van der Waals surface area contributed by atoms with Crippen LogP contribution in [0.1, 0.15) is 23.2 Å². The van der Waals surface area contributed by atoms with Crippen LogP contribution in [0.4, 0.5) is 0 Å². The van der Waals surface area contributed by atoms with Crippen molar-refractivity contribution in [3.8, 4) is 5.75 Å². The average molecular weight is 300 g/mol. The molecule has 1 atom stereocenters. The van der Waals surface area contributed by atoms with Crippen LogP contribution >= 0.6 is 15.9 Å². The summed E-state index contributed by atoms with van der Waals surface area (Å²) in [4.78, 5) is 13.7. The topological polar surface area (TPSA) is 60.8 Å². The van der Waals surface area contributed by atoms with Gasteiger partial charge in [-0.05, 0) is 31.0 Å². The van der Waals surface area contributed by atoms with Crippen LogP contribution in [0.3, 0.4) is 0 Å². The molecule has 0 spiro atoms. The first-order chi connectivity index (χ1) is 8.08. The van der Waals surface area contributed by atoms with Gasteiger partial charge in [0.2, 0.25) is 0 Å². The molecule has 2 N–H and O–H groups in total. The predicted octanol–water partition coefficient (Wildman–Crippen LogP) is 1.75. The van der Waals surface area contributed by atoms with Crippen molar-refractivity contribution < 1.29 is 15.0 Å². The number of carbonyl (C=O) groups excluding carboxylic acids is 1. The van der Waals surface area contributed by atoms with Crippen LogP contribution in [-0.2, 0) is 0 Å². The number of nitrogens with zero attached hydrogens (tertiary/aromatic N) is 1. The summed E-state index contributed by atoms with van der Waals surface area (Å²) in [7, 11) is 0. The lowest BCUT2D eigenvalue weighted by Crippen LogP contribution is -2.42. The maximum atomic E-state index is 12.2. The van der Waals surface area contributed by atoms with Gasteiger partial charge < -0.3 is 15.1 Å². The van der Waals surface area contributed by atoms with Crippen molar-refractivity contribution in [1.29, 1.82) is 0 Å². The third-order valence-electron chi connectivity index (χ3n) is 2.87. The Bertz CT molecular complexity index is 436. The van der Waals surface area contributed by atoms with Crippen molar-refractivity contribution >= 4 is 21.8 Å². The highest BCUT2D eigenvalue weighted by molar-refractivity contribution is 9.10. The van der Waals surface area contributed by atoms with Crippen molar-refractivity contribution in [2.45, 2.75) is 18.9 Å². The Hall–Kier alpha value is -1.07. The summed E-state index contributed by atoms with van der Waals surface area (Å²) >= 11 is 3.27. The van der Waals surface area contributed by atoms with E-state index in [4.69, 9.17) is 0 Å². The van der Waals surface area contributed by atoms with Gasteiger partial charge >= 0.3 is 0 Å². The molecular formula is C12H14BrNO3. The molecule has 0 bridgehead atoms. The Morgan fingerprint density at radius 1 is 1.47 bits per heavy atom. The minimum atomic E-state index is -0.456. The molecule has 4 nitrogen and oxygen atoms in total. The lowest BCUT2D eigenvalue weighted by atomic mass is 10.1. The molecule has 1 heterocycles. The zero-order valence-corrected chi connectivity index (χ0v) is 10.9. The number of halogens is 1. The van der Waals surface area contributed by atoms with Crippen LogP contribution < -0.4 is 0 Å². The summed E-state index contributed by atoms with van der Waals surface area (Å²) in [6, 6.07) is 4.76. The molecule has 5 heteroatoms. The Labute approximate surface area is 108 Å². The van der Waals surface area contributed by atoms with Gasteiger partial charge in [0.25, 0.3) is 5.91 Å². The summed E-state index contributed by atoms with van der Waals surface area (Å²) in [5.74, 6) is -0.263. The van der Waals surface area contributed by atoms with E-state index < -0.39 is 6.10 Å². The molecule has 1 aliphatic rings. The standard InChI is InChI=1S/C12H14BrNO3/c13-8-3-4-11(16)10(6-8)12(17)14-5-1-2-9(15)7-14/h3-4,6,9,15-16H,1-2,5,7H2/t9-/m0/s1. The van der Waals surface area contributed by atoms with Gasteiger partial charge in [0.1, 0.15) is 5.75 Å². The monoisotopic (exact) mass is 299 g/mol. The normalized spacial score (nSPS) is 20.4. The van der Waals surface area contributed by atoms with E-state index in [0.717, 1.165) is 17.3 Å². The number of hydrogen-bond donors (Lipinski definition) is 2. The third-order valence-corrected chi connectivity index (χ3v) is 3.37. The molecule has 1 fully saturated rings. The summed E-state index contributed by atoms with van der Waals surface area (Å²) in [5, 5.41) is 19.2. The summed E-state index contributed by atoms with van der Waals surface area (Å²) in [6.45, 7) is 0.965. The fraction of sp³-hybridized carbons (Fsp3) is 0.417. The van der Waals surface area contributed by atoms with Crippen LogP contribution in [0.25, 0.3) is 0 Å². The Balaban J connectivity index is 2.21. The number of β-amino-alcohol motifs (C(OH)–C–C–N with tert-alkyl or cyclic N) is 1. The van der Waals surface area contributed by atoms with Gasteiger partial charge in [-0.1, -0.05) is 15.9 Å². The third kappa shape index (κ3) is 2.79. The minimum Gasteiger partial charge on any atom is -0.507 e. The van der Waals surface area contributed by atoms with Gasteiger partial charge in [0.15, 0.2) is 0 Å². The van der Waals surface area contributed by atoms with E-state index in [9.17, 15) is 15.0 Å². The Morgan fingerprint density at radius 3 is 2.94 bits per heavy atom. The number of aliphatic hydroxyl groups is 1. The van der Waals surface area contributed by atoms with Crippen LogP contribution in [0, 0.1) is 0 Å². The summed E-state index contributed by atoms with van der Waals surface area (Å²) < 4.78 is 0.746. The number of likely N-dealkylation sites (tertiary alicyclic amines) is 1. The number of amides is 1. The van der Waals surface area contributed by atoms with Gasteiger partial charge in [-0.3, -0.25) is 4.79 Å². The van der Waals surface area contributed by atoms with Crippen molar-refractivity contribution in [3.05, 3.63) is 28.2 Å². The zero-order valence-electron chi connectivity index (χ0n) is 9.27. The summed E-state index contributed by atoms with van der Waals surface area (Å²) in [5.41, 5.74) is 0.272. The molecule has 2 rings (SSSR count). The molecule has 1 aromatic carbocycles. The van der Waals surface area contributed by atoms with E-state index in [0.29, 0.717) is 13.1 Å². The van der Waals surface area contributed by atoms with Crippen molar-refractivity contribution in [1.82, 2.24) is 4.90 Å². The maximum Gasteiger partial charge on any atom is 0.257 e. The Morgan fingerprint density at radius 2 is 2.24 bits per heavy atom. The number of aliphatic hydroxyl groups excluding tert-OH is 1. The number of rotatable bonds is 1. The predicted molar refractivity (Wildman–Crippen MR) is 67.0 cm³/mol. The molecule has 1 saturated heterocycles. The molecule has 0 aromatic heterocycles. The van der Waals surface area contributed by atoms with Crippen molar-refractivity contribution in [2.75, 3.05) is 13.1 Å². The van der Waals surface area contributed by atoms with Crippen molar-refractivity contribution in [3.63, 3.8) is 0 Å². The fourth-order valence-electron chi connectivity index (χ4n) is 1.99. The lowest BCUT2D eigenvalue weighted by molar-refractivity contribution is 0.0471. The van der Waals surface area contributed by atoms with Gasteiger partial charge in [-0.2, -0.15) is 0 Å². The van der Waals surface area contributed by atoms with Gasteiger partial charge in [-0.25, -0.2) is 0 Å². The fourth-order valence-corrected chi connectivity index (χ4v) is 2.35. The average Bonchev–Trinajstić information content (AvgIpc) is 2.31.